The van der Waals surface area contributed by atoms with Gasteiger partial charge in [0.15, 0.2) is 0 Å². The molecule has 8 nitrogen and oxygen atoms in total. The first-order chi connectivity index (χ1) is 19.7. The van der Waals surface area contributed by atoms with Crippen molar-refractivity contribution in [2.75, 3.05) is 38.2 Å². The summed E-state index contributed by atoms with van der Waals surface area (Å²) in [5.41, 5.74) is 5.31. The van der Waals surface area contributed by atoms with Crippen molar-refractivity contribution in [1.29, 1.82) is 0 Å². The smallest absolute Gasteiger partial charge is 0.253 e. The lowest BCUT2D eigenvalue weighted by Crippen LogP contribution is -2.42. The van der Waals surface area contributed by atoms with Crippen molar-refractivity contribution < 1.29 is 17.9 Å². The van der Waals surface area contributed by atoms with Crippen molar-refractivity contribution in [2.45, 2.75) is 56.9 Å². The number of nitrogens with zero attached hydrogens (tertiary/aromatic N) is 3. The van der Waals surface area contributed by atoms with E-state index in [9.17, 15) is 13.2 Å². The molecule has 1 amide bonds. The minimum atomic E-state index is -3.77. The van der Waals surface area contributed by atoms with Crippen LogP contribution in [0.5, 0.6) is 5.75 Å². The van der Waals surface area contributed by atoms with Gasteiger partial charge < -0.3 is 14.5 Å². The number of ether oxygens (including phenoxy) is 1. The Morgan fingerprint density at radius 2 is 1.68 bits per heavy atom. The second-order valence-electron chi connectivity index (χ2n) is 11.9. The predicted molar refractivity (Wildman–Crippen MR) is 159 cm³/mol. The lowest BCUT2D eigenvalue weighted by molar-refractivity contribution is 0.0764. The highest BCUT2D eigenvalue weighted by atomic mass is 32.2. The summed E-state index contributed by atoms with van der Waals surface area (Å²) in [7, 11) is -2.20. The molecule has 3 aromatic rings. The fraction of sp³-hybridized carbons (Fsp3) is 0.438. The summed E-state index contributed by atoms with van der Waals surface area (Å²) < 4.78 is 35.3. The molecule has 41 heavy (non-hydrogen) atoms. The van der Waals surface area contributed by atoms with Gasteiger partial charge in [-0.2, -0.15) is 0 Å². The Balaban J connectivity index is 1.15. The van der Waals surface area contributed by atoms with Crippen LogP contribution in [0.15, 0.2) is 59.8 Å². The first kappa shape index (κ1) is 27.7. The average Bonchev–Trinajstić information content (AvgIpc) is 3.56. The molecule has 0 radical (unpaired) electrons. The number of nitrogens with one attached hydrogen (secondary N) is 1. The number of hydrogen-bond acceptors (Lipinski definition) is 6. The highest BCUT2D eigenvalue weighted by Crippen LogP contribution is 2.42. The molecule has 2 saturated heterocycles. The first-order valence-corrected chi connectivity index (χ1v) is 15.9. The molecule has 6 rings (SSSR count). The molecule has 0 saturated carbocycles. The molecule has 1 unspecified atom stereocenters. The van der Waals surface area contributed by atoms with Gasteiger partial charge in [0.05, 0.1) is 12.0 Å². The van der Waals surface area contributed by atoms with Crippen molar-refractivity contribution in [3.8, 4) is 5.75 Å². The number of likely N-dealkylation sites (tertiary alicyclic amines) is 1. The quantitative estimate of drug-likeness (QED) is 0.455. The Hall–Kier alpha value is -3.43. The number of amides is 1. The van der Waals surface area contributed by atoms with Gasteiger partial charge in [0, 0.05) is 55.9 Å². The third-order valence-corrected chi connectivity index (χ3v) is 11.1. The van der Waals surface area contributed by atoms with E-state index in [1.807, 2.05) is 35.5 Å². The molecule has 3 heterocycles. The number of aryl methyl sites for hydroxylation is 3. The molecule has 1 aromatic heterocycles. The third kappa shape index (κ3) is 5.33. The van der Waals surface area contributed by atoms with Crippen molar-refractivity contribution in [3.63, 3.8) is 0 Å². The largest absolute Gasteiger partial charge is 0.497 e. The predicted octanol–water partition coefficient (Wildman–Crippen LogP) is 4.81. The molecule has 2 aliphatic heterocycles. The zero-order chi connectivity index (χ0) is 28.8. The summed E-state index contributed by atoms with van der Waals surface area (Å²) in [6.07, 6.45) is 8.27. The van der Waals surface area contributed by atoms with Gasteiger partial charge >= 0.3 is 0 Å². The summed E-state index contributed by atoms with van der Waals surface area (Å²) in [5.74, 6) is 0.674. The Labute approximate surface area is 242 Å². The zero-order valence-corrected chi connectivity index (χ0v) is 24.8. The minimum absolute atomic E-state index is 0.0385. The van der Waals surface area contributed by atoms with Crippen molar-refractivity contribution >= 4 is 21.6 Å². The standard InChI is InChI=1S/C32H38N4O4S/c1-22-18-27(40-3)19-23(2)30(22)41(38,39)34-29-7-6-24-4-5-25(20-28(24)29)31(37)36-17-12-32(21-36)10-15-35(16-11-32)26-8-13-33-14-9-26/h4-5,8-9,13-14,18-20,29,34H,6-7,10-12,15-17,21H2,1-3H3. The number of methoxy groups -OCH3 is 1. The van der Waals surface area contributed by atoms with Crippen LogP contribution in [0.25, 0.3) is 0 Å². The van der Waals surface area contributed by atoms with Gasteiger partial charge in [0.2, 0.25) is 10.0 Å². The number of carbonyl (C=O) groups excluding carboxylic acids is 1. The number of fused-ring (bicyclic) bond motifs is 1. The van der Waals surface area contributed by atoms with Crippen molar-refractivity contribution in [1.82, 2.24) is 14.6 Å². The number of carbonyl (C=O) groups is 1. The van der Waals surface area contributed by atoms with E-state index < -0.39 is 10.0 Å². The topological polar surface area (TPSA) is 91.8 Å². The summed E-state index contributed by atoms with van der Waals surface area (Å²) in [4.78, 5) is 22.5. The van der Waals surface area contributed by atoms with Crippen molar-refractivity contribution in [2.24, 2.45) is 5.41 Å². The number of anilines is 1. The number of hydrogen-bond donors (Lipinski definition) is 1. The van der Waals surface area contributed by atoms with Gasteiger partial charge in [0.1, 0.15) is 5.75 Å². The fourth-order valence-corrected chi connectivity index (χ4v) is 8.75. The molecule has 1 N–H and O–H groups in total. The Morgan fingerprint density at radius 1 is 1.00 bits per heavy atom. The van der Waals surface area contributed by atoms with Crippen LogP contribution in [0.4, 0.5) is 5.69 Å². The molecule has 216 valence electrons. The van der Waals surface area contributed by atoms with Gasteiger partial charge in [0.25, 0.3) is 5.91 Å². The van der Waals surface area contributed by atoms with Crippen LogP contribution >= 0.6 is 0 Å². The van der Waals surface area contributed by atoms with E-state index in [1.165, 1.54) is 5.69 Å². The highest BCUT2D eigenvalue weighted by molar-refractivity contribution is 7.89. The molecule has 1 spiro atoms. The van der Waals surface area contributed by atoms with E-state index in [0.29, 0.717) is 28.9 Å². The Morgan fingerprint density at radius 3 is 2.37 bits per heavy atom. The van der Waals surface area contributed by atoms with E-state index in [2.05, 4.69) is 26.7 Å². The van der Waals surface area contributed by atoms with Gasteiger partial charge in [-0.15, -0.1) is 0 Å². The van der Waals surface area contributed by atoms with E-state index in [1.54, 1.807) is 33.1 Å². The third-order valence-electron chi connectivity index (χ3n) is 9.28. The molecule has 3 aliphatic rings. The van der Waals surface area contributed by atoms with Gasteiger partial charge in [-0.3, -0.25) is 9.78 Å². The number of rotatable bonds is 6. The summed E-state index contributed by atoms with van der Waals surface area (Å²) in [6, 6.07) is 13.1. The van der Waals surface area contributed by atoms with E-state index >= 15 is 0 Å². The maximum atomic E-state index is 13.7. The maximum Gasteiger partial charge on any atom is 0.253 e. The second-order valence-corrected chi connectivity index (χ2v) is 13.5. The van der Waals surface area contributed by atoms with E-state index in [-0.39, 0.29) is 22.3 Å². The van der Waals surface area contributed by atoms with Crippen LogP contribution in [0, 0.1) is 19.3 Å². The molecule has 2 fully saturated rings. The fourth-order valence-electron chi connectivity index (χ4n) is 7.05. The lowest BCUT2D eigenvalue weighted by Gasteiger charge is -2.40. The van der Waals surface area contributed by atoms with Crippen LogP contribution in [-0.4, -0.2) is 57.5 Å². The molecule has 0 bridgehead atoms. The monoisotopic (exact) mass is 574 g/mol. The van der Waals surface area contributed by atoms with Crippen LogP contribution in [0.3, 0.4) is 0 Å². The van der Waals surface area contributed by atoms with Crippen LogP contribution in [0.1, 0.15) is 64.3 Å². The van der Waals surface area contributed by atoms with Crippen LogP contribution < -0.4 is 14.4 Å². The number of aromatic nitrogens is 1. The molecular weight excluding hydrogens is 536 g/mol. The molecule has 1 atom stereocenters. The zero-order valence-electron chi connectivity index (χ0n) is 24.0. The molecule has 1 aliphatic carbocycles. The normalized spacial score (nSPS) is 19.9. The maximum absolute atomic E-state index is 13.7. The van der Waals surface area contributed by atoms with Gasteiger partial charge in [-0.1, -0.05) is 6.07 Å². The molecular formula is C32H38N4O4S. The lowest BCUT2D eigenvalue weighted by atomic mass is 9.77. The van der Waals surface area contributed by atoms with Crippen molar-refractivity contribution in [3.05, 3.63) is 82.7 Å². The van der Waals surface area contributed by atoms with Gasteiger partial charge in [-0.05, 0) is 110 Å². The second kappa shape index (κ2) is 10.8. The number of piperidine rings is 1. The highest BCUT2D eigenvalue weighted by Gasteiger charge is 2.42. The molecule has 9 heteroatoms. The van der Waals surface area contributed by atoms with Gasteiger partial charge in [-0.25, -0.2) is 13.1 Å². The Kier molecular flexibility index (Phi) is 7.28. The first-order valence-electron chi connectivity index (χ1n) is 14.4. The van der Waals surface area contributed by atoms with E-state index in [0.717, 1.165) is 63.0 Å². The summed E-state index contributed by atoms with van der Waals surface area (Å²) in [5, 5.41) is 0. The summed E-state index contributed by atoms with van der Waals surface area (Å²) in [6.45, 7) is 7.08. The number of pyridine rings is 1. The average molecular weight is 575 g/mol. The van der Waals surface area contributed by atoms with Crippen LogP contribution in [0.2, 0.25) is 0 Å². The number of benzene rings is 2. The molecule has 2 aromatic carbocycles. The SMILES string of the molecule is COc1cc(C)c(S(=O)(=O)NC2CCc3ccc(C(=O)N4CCC5(CCN(c6ccncc6)CC5)C4)cc32)c(C)c1. The summed E-state index contributed by atoms with van der Waals surface area (Å²) >= 11 is 0. The minimum Gasteiger partial charge on any atom is -0.497 e. The Bertz CT molecular complexity index is 1540. The van der Waals surface area contributed by atoms with Crippen LogP contribution in [-0.2, 0) is 16.4 Å². The number of sulfonamides is 1. The van der Waals surface area contributed by atoms with E-state index in [4.69, 9.17) is 4.74 Å².